The minimum Gasteiger partial charge on any atom is -0.357 e. The summed E-state index contributed by atoms with van der Waals surface area (Å²) in [4.78, 5) is 11.6. The zero-order valence-corrected chi connectivity index (χ0v) is 15.8. The van der Waals surface area contributed by atoms with Crippen molar-refractivity contribution in [2.24, 2.45) is 4.99 Å². The number of nitrogens with zero attached hydrogens (tertiary/aromatic N) is 4. The number of aromatic amines is 1. The van der Waals surface area contributed by atoms with Crippen molar-refractivity contribution < 1.29 is 4.39 Å². The number of aromatic nitrogens is 3. The maximum atomic E-state index is 13.6. The molecule has 1 aromatic heterocycles. The third-order valence-corrected chi connectivity index (χ3v) is 5.77. The van der Waals surface area contributed by atoms with E-state index in [1.54, 1.807) is 18.5 Å². The molecular weight excluding hydrogens is 343 g/mol. The highest BCUT2D eigenvalue weighted by Crippen LogP contribution is 2.48. The third kappa shape index (κ3) is 3.96. The van der Waals surface area contributed by atoms with Crippen LogP contribution in [0.2, 0.25) is 0 Å². The molecule has 144 valence electrons. The van der Waals surface area contributed by atoms with Crippen molar-refractivity contribution in [3.05, 3.63) is 47.8 Å². The molecule has 6 nitrogen and oxygen atoms in total. The number of hydrogen-bond acceptors (Lipinski definition) is 3. The van der Waals surface area contributed by atoms with Crippen molar-refractivity contribution in [3.63, 3.8) is 0 Å². The molecule has 0 amide bonds. The summed E-state index contributed by atoms with van der Waals surface area (Å²) in [7, 11) is 0. The monoisotopic (exact) mass is 370 g/mol. The van der Waals surface area contributed by atoms with Gasteiger partial charge in [-0.3, -0.25) is 10.1 Å². The Morgan fingerprint density at radius 3 is 2.81 bits per heavy atom. The lowest BCUT2D eigenvalue weighted by Crippen LogP contribution is -2.45. The third-order valence-electron chi connectivity index (χ3n) is 5.77. The van der Waals surface area contributed by atoms with Crippen LogP contribution in [0.4, 0.5) is 4.39 Å². The first kappa shape index (κ1) is 17.9. The van der Waals surface area contributed by atoms with E-state index in [-0.39, 0.29) is 11.2 Å². The smallest absolute Gasteiger partial charge is 0.193 e. The first-order valence-corrected chi connectivity index (χ1v) is 9.85. The van der Waals surface area contributed by atoms with E-state index in [0.717, 1.165) is 62.7 Å². The van der Waals surface area contributed by atoms with Crippen molar-refractivity contribution in [3.8, 4) is 0 Å². The van der Waals surface area contributed by atoms with Crippen molar-refractivity contribution in [2.75, 3.05) is 26.2 Å². The predicted molar refractivity (Wildman–Crippen MR) is 103 cm³/mol. The Labute approximate surface area is 159 Å². The summed E-state index contributed by atoms with van der Waals surface area (Å²) in [6.07, 6.45) is 5.80. The lowest BCUT2D eigenvalue weighted by Gasteiger charge is -2.33. The van der Waals surface area contributed by atoms with Gasteiger partial charge in [-0.1, -0.05) is 12.1 Å². The van der Waals surface area contributed by atoms with Gasteiger partial charge in [0.25, 0.3) is 0 Å². The van der Waals surface area contributed by atoms with Gasteiger partial charge in [-0.2, -0.15) is 5.10 Å². The highest BCUT2D eigenvalue weighted by atomic mass is 19.1. The van der Waals surface area contributed by atoms with E-state index in [9.17, 15) is 4.39 Å². The van der Waals surface area contributed by atoms with Gasteiger partial charge in [0.1, 0.15) is 18.0 Å². The Hall–Kier alpha value is -2.44. The largest absolute Gasteiger partial charge is 0.357 e. The average molecular weight is 370 g/mol. The molecule has 2 aromatic rings. The van der Waals surface area contributed by atoms with Gasteiger partial charge in [-0.25, -0.2) is 9.37 Å². The molecule has 2 fully saturated rings. The van der Waals surface area contributed by atoms with Crippen LogP contribution in [0.1, 0.15) is 49.9 Å². The number of hydrogen-bond donors (Lipinski definition) is 2. The van der Waals surface area contributed by atoms with Gasteiger partial charge >= 0.3 is 0 Å². The summed E-state index contributed by atoms with van der Waals surface area (Å²) in [6, 6.07) is 7.00. The van der Waals surface area contributed by atoms with Crippen LogP contribution in [0.15, 0.2) is 35.6 Å². The number of piperidine rings is 1. The number of guanidine groups is 1. The molecule has 1 saturated heterocycles. The SMILES string of the molecule is CCNC(=NCC1(c2cccc(F)c2)CC1)N1CCC(c2ncn[nH]2)CC1. The van der Waals surface area contributed by atoms with Crippen LogP contribution in [0.5, 0.6) is 0 Å². The number of aliphatic imine (C=N–C) groups is 1. The van der Waals surface area contributed by atoms with Gasteiger partial charge in [-0.05, 0) is 50.3 Å². The summed E-state index contributed by atoms with van der Waals surface area (Å²) in [5.41, 5.74) is 1.09. The Kier molecular flexibility index (Phi) is 5.09. The van der Waals surface area contributed by atoms with Gasteiger partial charge in [-0.15, -0.1) is 0 Å². The molecule has 2 N–H and O–H groups in total. The Morgan fingerprint density at radius 2 is 2.19 bits per heavy atom. The molecule has 1 aromatic carbocycles. The molecule has 1 aliphatic heterocycles. The fraction of sp³-hybridized carbons (Fsp3) is 0.550. The van der Waals surface area contributed by atoms with Gasteiger partial charge in [0, 0.05) is 31.0 Å². The van der Waals surface area contributed by atoms with Gasteiger partial charge in [0.2, 0.25) is 0 Å². The molecule has 0 radical (unpaired) electrons. The predicted octanol–water partition coefficient (Wildman–Crippen LogP) is 2.82. The zero-order valence-electron chi connectivity index (χ0n) is 15.8. The van der Waals surface area contributed by atoms with Gasteiger partial charge in [0.05, 0.1) is 6.54 Å². The van der Waals surface area contributed by atoms with Crippen molar-refractivity contribution in [1.82, 2.24) is 25.4 Å². The summed E-state index contributed by atoms with van der Waals surface area (Å²) in [5.74, 6) is 2.23. The van der Waals surface area contributed by atoms with E-state index >= 15 is 0 Å². The van der Waals surface area contributed by atoms with Crippen LogP contribution >= 0.6 is 0 Å². The van der Waals surface area contributed by atoms with Crippen LogP contribution in [0, 0.1) is 5.82 Å². The maximum absolute atomic E-state index is 13.6. The lowest BCUT2D eigenvalue weighted by molar-refractivity contribution is 0.298. The van der Waals surface area contributed by atoms with Crippen molar-refractivity contribution >= 4 is 5.96 Å². The fourth-order valence-corrected chi connectivity index (χ4v) is 3.94. The molecule has 27 heavy (non-hydrogen) atoms. The molecule has 0 unspecified atom stereocenters. The number of benzene rings is 1. The maximum Gasteiger partial charge on any atom is 0.193 e. The average Bonchev–Trinajstić information content (AvgIpc) is 3.28. The summed E-state index contributed by atoms with van der Waals surface area (Å²) in [6.45, 7) is 5.54. The second-order valence-electron chi connectivity index (χ2n) is 7.59. The summed E-state index contributed by atoms with van der Waals surface area (Å²) >= 11 is 0. The van der Waals surface area contributed by atoms with Crippen molar-refractivity contribution in [2.45, 2.75) is 43.9 Å². The van der Waals surface area contributed by atoms with E-state index in [1.165, 1.54) is 6.07 Å². The van der Waals surface area contributed by atoms with E-state index in [2.05, 4.69) is 32.3 Å². The zero-order chi connectivity index (χ0) is 18.7. The van der Waals surface area contributed by atoms with E-state index in [0.29, 0.717) is 12.5 Å². The summed E-state index contributed by atoms with van der Waals surface area (Å²) in [5, 5.41) is 10.4. The molecule has 0 bridgehead atoms. The van der Waals surface area contributed by atoms with Crippen LogP contribution in [0.25, 0.3) is 0 Å². The van der Waals surface area contributed by atoms with E-state index in [4.69, 9.17) is 4.99 Å². The fourth-order valence-electron chi connectivity index (χ4n) is 3.94. The van der Waals surface area contributed by atoms with Crippen LogP contribution < -0.4 is 5.32 Å². The number of halogens is 1. The molecule has 0 atom stereocenters. The number of likely N-dealkylation sites (tertiary alicyclic amines) is 1. The molecule has 1 saturated carbocycles. The normalized spacial score (nSPS) is 19.9. The molecule has 0 spiro atoms. The molecule has 7 heteroatoms. The number of rotatable bonds is 5. The van der Waals surface area contributed by atoms with Crippen molar-refractivity contribution in [1.29, 1.82) is 0 Å². The van der Waals surface area contributed by atoms with Crippen LogP contribution in [-0.4, -0.2) is 52.2 Å². The first-order valence-electron chi connectivity index (χ1n) is 9.85. The minimum atomic E-state index is -0.163. The molecule has 4 rings (SSSR count). The summed E-state index contributed by atoms with van der Waals surface area (Å²) < 4.78 is 13.6. The Morgan fingerprint density at radius 1 is 1.37 bits per heavy atom. The molecule has 2 aliphatic rings. The quantitative estimate of drug-likeness (QED) is 0.627. The van der Waals surface area contributed by atoms with Gasteiger partial charge < -0.3 is 10.2 Å². The van der Waals surface area contributed by atoms with Crippen LogP contribution in [0.3, 0.4) is 0 Å². The first-order chi connectivity index (χ1) is 13.2. The van der Waals surface area contributed by atoms with Gasteiger partial charge in [0.15, 0.2) is 5.96 Å². The topological polar surface area (TPSA) is 69.2 Å². The number of nitrogens with one attached hydrogen (secondary N) is 2. The number of H-pyrrole nitrogens is 1. The Bertz CT molecular complexity index is 776. The second kappa shape index (κ2) is 7.66. The standard InChI is InChI=1S/C20H27FN6/c1-2-22-19(27-10-6-15(7-11-27)18-24-14-25-26-18)23-13-20(8-9-20)16-4-3-5-17(21)12-16/h3-5,12,14-15H,2,6-11,13H2,1H3,(H,22,23)(H,24,25,26). The minimum absolute atomic E-state index is 0.0148. The lowest BCUT2D eigenvalue weighted by atomic mass is 9.96. The van der Waals surface area contributed by atoms with Crippen LogP contribution in [-0.2, 0) is 5.41 Å². The second-order valence-corrected chi connectivity index (χ2v) is 7.59. The van der Waals surface area contributed by atoms with E-state index < -0.39 is 0 Å². The molecule has 2 heterocycles. The Balaban J connectivity index is 1.42. The highest BCUT2D eigenvalue weighted by molar-refractivity contribution is 5.80. The molecule has 1 aliphatic carbocycles. The molecular formula is C20H27FN6. The van der Waals surface area contributed by atoms with E-state index in [1.807, 2.05) is 6.07 Å². The highest BCUT2D eigenvalue weighted by Gasteiger charge is 2.44.